The van der Waals surface area contributed by atoms with Gasteiger partial charge in [-0.1, -0.05) is 19.3 Å². The summed E-state index contributed by atoms with van der Waals surface area (Å²) in [5.74, 6) is 0. The van der Waals surface area contributed by atoms with Gasteiger partial charge in [-0.25, -0.2) is 0 Å². The van der Waals surface area contributed by atoms with Crippen LogP contribution in [0.2, 0.25) is 0 Å². The first-order chi connectivity index (χ1) is 7.75. The molecule has 1 rings (SSSR count). The Bertz CT molecular complexity index is 171. The van der Waals surface area contributed by atoms with Crippen molar-refractivity contribution in [3.8, 4) is 0 Å². The average molecular weight is 230 g/mol. The number of aliphatic hydroxyl groups excluding tert-OH is 1. The molecule has 1 unspecified atom stereocenters. The van der Waals surface area contributed by atoms with E-state index in [0.717, 1.165) is 32.3 Å². The zero-order valence-electron chi connectivity index (χ0n) is 10.7. The van der Waals surface area contributed by atoms with E-state index < -0.39 is 0 Å². The van der Waals surface area contributed by atoms with Crippen LogP contribution in [-0.2, 0) is 9.47 Å². The molecule has 1 atom stereocenters. The lowest BCUT2D eigenvalue weighted by Gasteiger charge is -2.41. The van der Waals surface area contributed by atoms with Crippen LogP contribution in [0.1, 0.15) is 51.9 Å². The fraction of sp³-hybridized carbons (Fsp3) is 1.00. The van der Waals surface area contributed by atoms with Gasteiger partial charge in [-0.05, 0) is 32.6 Å². The SMILES string of the molecule is CCOC1(C(O)CCCOC)CCCCC1. The molecule has 0 saturated heterocycles. The number of rotatable bonds is 7. The number of ether oxygens (including phenoxy) is 2. The van der Waals surface area contributed by atoms with Gasteiger partial charge in [-0.2, -0.15) is 0 Å². The molecule has 1 fully saturated rings. The molecule has 0 heterocycles. The summed E-state index contributed by atoms with van der Waals surface area (Å²) in [5.41, 5.74) is -0.263. The second-order valence-corrected chi connectivity index (χ2v) is 4.71. The molecule has 0 radical (unpaired) electrons. The highest BCUT2D eigenvalue weighted by Gasteiger charge is 2.39. The molecule has 0 bridgehead atoms. The summed E-state index contributed by atoms with van der Waals surface area (Å²) in [6.07, 6.45) is 7.02. The molecule has 16 heavy (non-hydrogen) atoms. The van der Waals surface area contributed by atoms with Gasteiger partial charge in [0.15, 0.2) is 0 Å². The van der Waals surface area contributed by atoms with Crippen LogP contribution < -0.4 is 0 Å². The highest BCUT2D eigenvalue weighted by Crippen LogP contribution is 2.36. The largest absolute Gasteiger partial charge is 0.390 e. The number of hydrogen-bond donors (Lipinski definition) is 1. The van der Waals surface area contributed by atoms with Crippen molar-refractivity contribution in [1.29, 1.82) is 0 Å². The van der Waals surface area contributed by atoms with Crippen molar-refractivity contribution in [3.63, 3.8) is 0 Å². The minimum Gasteiger partial charge on any atom is -0.390 e. The normalized spacial score (nSPS) is 21.9. The van der Waals surface area contributed by atoms with Crippen LogP contribution in [0.4, 0.5) is 0 Å². The van der Waals surface area contributed by atoms with Crippen LogP contribution in [0.25, 0.3) is 0 Å². The van der Waals surface area contributed by atoms with E-state index in [1.165, 1.54) is 19.3 Å². The molecule has 1 saturated carbocycles. The lowest BCUT2D eigenvalue weighted by atomic mass is 9.79. The quantitative estimate of drug-likeness (QED) is 0.683. The molecule has 1 N–H and O–H groups in total. The molecule has 3 nitrogen and oxygen atoms in total. The summed E-state index contributed by atoms with van der Waals surface area (Å²) in [5, 5.41) is 10.3. The first-order valence-corrected chi connectivity index (χ1v) is 6.56. The van der Waals surface area contributed by atoms with Crippen LogP contribution in [0.15, 0.2) is 0 Å². The Balaban J connectivity index is 2.46. The van der Waals surface area contributed by atoms with Gasteiger partial charge in [0.1, 0.15) is 0 Å². The van der Waals surface area contributed by atoms with Gasteiger partial charge in [-0.15, -0.1) is 0 Å². The van der Waals surface area contributed by atoms with Gasteiger partial charge in [0.25, 0.3) is 0 Å². The summed E-state index contributed by atoms with van der Waals surface area (Å²) in [6, 6.07) is 0. The van der Waals surface area contributed by atoms with Gasteiger partial charge < -0.3 is 14.6 Å². The highest BCUT2D eigenvalue weighted by molar-refractivity contribution is 4.91. The second kappa shape index (κ2) is 7.25. The van der Waals surface area contributed by atoms with Crippen molar-refractivity contribution in [2.24, 2.45) is 0 Å². The molecule has 0 aromatic carbocycles. The van der Waals surface area contributed by atoms with Gasteiger partial charge in [-0.3, -0.25) is 0 Å². The van der Waals surface area contributed by atoms with Crippen LogP contribution >= 0.6 is 0 Å². The zero-order valence-corrected chi connectivity index (χ0v) is 10.7. The third kappa shape index (κ3) is 3.72. The first kappa shape index (κ1) is 13.9. The molecule has 0 spiro atoms. The van der Waals surface area contributed by atoms with E-state index in [1.54, 1.807) is 7.11 Å². The van der Waals surface area contributed by atoms with Crippen LogP contribution in [0.3, 0.4) is 0 Å². The Hall–Kier alpha value is -0.120. The van der Waals surface area contributed by atoms with Crippen LogP contribution in [0.5, 0.6) is 0 Å². The fourth-order valence-electron chi connectivity index (χ4n) is 2.70. The van der Waals surface area contributed by atoms with Gasteiger partial charge in [0, 0.05) is 20.3 Å². The molecule has 3 heteroatoms. The maximum Gasteiger partial charge on any atom is 0.0940 e. The number of methoxy groups -OCH3 is 1. The van der Waals surface area contributed by atoms with E-state index in [1.807, 2.05) is 6.92 Å². The predicted octanol–water partition coefficient (Wildman–Crippen LogP) is 2.51. The lowest BCUT2D eigenvalue weighted by Crippen LogP contribution is -2.46. The van der Waals surface area contributed by atoms with Crippen molar-refractivity contribution >= 4 is 0 Å². The van der Waals surface area contributed by atoms with Gasteiger partial charge >= 0.3 is 0 Å². The smallest absolute Gasteiger partial charge is 0.0940 e. The Morgan fingerprint density at radius 3 is 2.50 bits per heavy atom. The van der Waals surface area contributed by atoms with Gasteiger partial charge in [0.2, 0.25) is 0 Å². The van der Waals surface area contributed by atoms with Crippen molar-refractivity contribution in [2.45, 2.75) is 63.6 Å². The molecule has 0 aromatic rings. The maximum absolute atomic E-state index is 10.3. The molecule has 0 amide bonds. The lowest BCUT2D eigenvalue weighted by molar-refractivity contribution is -0.142. The Morgan fingerprint density at radius 2 is 1.94 bits per heavy atom. The fourth-order valence-corrected chi connectivity index (χ4v) is 2.70. The predicted molar refractivity (Wildman–Crippen MR) is 64.6 cm³/mol. The van der Waals surface area contributed by atoms with E-state index in [9.17, 15) is 5.11 Å². The Kier molecular flexibility index (Phi) is 6.32. The highest BCUT2D eigenvalue weighted by atomic mass is 16.5. The third-order valence-corrected chi connectivity index (χ3v) is 3.57. The topological polar surface area (TPSA) is 38.7 Å². The number of aliphatic hydroxyl groups is 1. The maximum atomic E-state index is 10.3. The Labute approximate surface area is 99.1 Å². The van der Waals surface area contributed by atoms with E-state index in [2.05, 4.69) is 0 Å². The van der Waals surface area contributed by atoms with Crippen LogP contribution in [0, 0.1) is 0 Å². The summed E-state index contributed by atoms with van der Waals surface area (Å²) < 4.78 is 10.9. The summed E-state index contributed by atoms with van der Waals surface area (Å²) in [7, 11) is 1.70. The van der Waals surface area contributed by atoms with E-state index in [4.69, 9.17) is 9.47 Å². The molecule has 1 aliphatic rings. The molecule has 96 valence electrons. The molecule has 0 aromatic heterocycles. The minimum atomic E-state index is -0.331. The first-order valence-electron chi connectivity index (χ1n) is 6.56. The van der Waals surface area contributed by atoms with Crippen molar-refractivity contribution < 1.29 is 14.6 Å². The minimum absolute atomic E-state index is 0.263. The summed E-state index contributed by atoms with van der Waals surface area (Å²) in [6.45, 7) is 3.43. The molecule has 0 aliphatic heterocycles. The standard InChI is InChI=1S/C13H26O3/c1-3-16-13(9-5-4-6-10-13)12(14)8-7-11-15-2/h12,14H,3-11H2,1-2H3. The zero-order chi connectivity index (χ0) is 11.9. The molecular weight excluding hydrogens is 204 g/mol. The van der Waals surface area contributed by atoms with Gasteiger partial charge in [0.05, 0.1) is 11.7 Å². The molecule has 1 aliphatic carbocycles. The number of hydrogen-bond acceptors (Lipinski definition) is 3. The van der Waals surface area contributed by atoms with E-state index in [0.29, 0.717) is 6.61 Å². The third-order valence-electron chi connectivity index (χ3n) is 3.57. The van der Waals surface area contributed by atoms with Crippen molar-refractivity contribution in [1.82, 2.24) is 0 Å². The molecular formula is C13H26O3. The van der Waals surface area contributed by atoms with E-state index in [-0.39, 0.29) is 11.7 Å². The van der Waals surface area contributed by atoms with Crippen molar-refractivity contribution in [3.05, 3.63) is 0 Å². The Morgan fingerprint density at radius 1 is 1.25 bits per heavy atom. The monoisotopic (exact) mass is 230 g/mol. The van der Waals surface area contributed by atoms with Crippen molar-refractivity contribution in [2.75, 3.05) is 20.3 Å². The second-order valence-electron chi connectivity index (χ2n) is 4.71. The summed E-state index contributed by atoms with van der Waals surface area (Å²) >= 11 is 0. The van der Waals surface area contributed by atoms with Crippen LogP contribution in [-0.4, -0.2) is 37.1 Å². The van der Waals surface area contributed by atoms with E-state index >= 15 is 0 Å². The summed E-state index contributed by atoms with van der Waals surface area (Å²) in [4.78, 5) is 0. The average Bonchev–Trinajstić information content (AvgIpc) is 2.31.